The molecule has 1 aromatic carbocycles. The third kappa shape index (κ3) is 8.50. The number of ether oxygens (including phenoxy) is 1. The third-order valence-corrected chi connectivity index (χ3v) is 3.72. The van der Waals surface area contributed by atoms with Crippen molar-refractivity contribution in [3.63, 3.8) is 0 Å². The Morgan fingerprint density at radius 3 is 2.60 bits per heavy atom. The second-order valence-electron chi connectivity index (χ2n) is 4.63. The smallest absolute Gasteiger partial charge is 0.148 e. The van der Waals surface area contributed by atoms with Crippen molar-refractivity contribution in [2.75, 3.05) is 31.7 Å². The molecule has 1 aromatic rings. The van der Waals surface area contributed by atoms with E-state index < -0.39 is 15.9 Å². The van der Waals surface area contributed by atoms with Crippen LogP contribution >= 0.6 is 11.6 Å². The number of sulfone groups is 1. The zero-order valence-corrected chi connectivity index (χ0v) is 13.0. The van der Waals surface area contributed by atoms with E-state index in [9.17, 15) is 13.5 Å². The van der Waals surface area contributed by atoms with Crippen LogP contribution < -0.4 is 5.32 Å². The van der Waals surface area contributed by atoms with Gasteiger partial charge in [0.1, 0.15) is 9.84 Å². The van der Waals surface area contributed by atoms with Gasteiger partial charge in [-0.2, -0.15) is 0 Å². The number of aliphatic hydroxyl groups is 1. The van der Waals surface area contributed by atoms with Gasteiger partial charge < -0.3 is 15.2 Å². The van der Waals surface area contributed by atoms with E-state index in [0.29, 0.717) is 24.7 Å². The van der Waals surface area contributed by atoms with Crippen LogP contribution in [0.4, 0.5) is 0 Å². The van der Waals surface area contributed by atoms with E-state index in [4.69, 9.17) is 16.3 Å². The SMILES string of the molecule is CS(=O)(=O)CCNCC(O)COCc1ccc(Cl)cc1. The lowest BCUT2D eigenvalue weighted by molar-refractivity contribution is 0.0291. The Morgan fingerprint density at radius 1 is 1.35 bits per heavy atom. The first-order valence-electron chi connectivity index (χ1n) is 6.25. The molecule has 0 radical (unpaired) electrons. The monoisotopic (exact) mass is 321 g/mol. The summed E-state index contributed by atoms with van der Waals surface area (Å²) in [6.45, 7) is 1.22. The summed E-state index contributed by atoms with van der Waals surface area (Å²) in [5.41, 5.74) is 0.978. The maximum atomic E-state index is 10.9. The number of aliphatic hydroxyl groups excluding tert-OH is 1. The van der Waals surface area contributed by atoms with Gasteiger partial charge in [-0.3, -0.25) is 0 Å². The molecule has 2 N–H and O–H groups in total. The summed E-state index contributed by atoms with van der Waals surface area (Å²) >= 11 is 5.77. The summed E-state index contributed by atoms with van der Waals surface area (Å²) in [5, 5.41) is 13.2. The molecule has 0 aliphatic heterocycles. The van der Waals surface area contributed by atoms with Crippen molar-refractivity contribution in [3.05, 3.63) is 34.9 Å². The summed E-state index contributed by atoms with van der Waals surface area (Å²) in [5.74, 6) is 0.0609. The molecule has 20 heavy (non-hydrogen) atoms. The topological polar surface area (TPSA) is 75.6 Å². The van der Waals surface area contributed by atoms with Gasteiger partial charge in [-0.05, 0) is 17.7 Å². The summed E-state index contributed by atoms with van der Waals surface area (Å²) < 4.78 is 27.2. The number of hydrogen-bond donors (Lipinski definition) is 2. The minimum absolute atomic E-state index is 0.0609. The number of nitrogens with one attached hydrogen (secondary N) is 1. The Balaban J connectivity index is 2.11. The van der Waals surface area contributed by atoms with Gasteiger partial charge in [0.15, 0.2) is 0 Å². The molecule has 1 atom stereocenters. The maximum absolute atomic E-state index is 10.9. The minimum Gasteiger partial charge on any atom is -0.389 e. The highest BCUT2D eigenvalue weighted by atomic mass is 35.5. The normalized spacial score (nSPS) is 13.3. The molecule has 0 amide bonds. The lowest BCUT2D eigenvalue weighted by atomic mass is 10.2. The highest BCUT2D eigenvalue weighted by Crippen LogP contribution is 2.10. The van der Waals surface area contributed by atoms with Crippen LogP contribution in [0.1, 0.15) is 5.56 Å². The van der Waals surface area contributed by atoms with Gasteiger partial charge in [0.05, 0.1) is 25.1 Å². The molecule has 0 fully saturated rings. The molecule has 0 aliphatic rings. The van der Waals surface area contributed by atoms with E-state index in [1.807, 2.05) is 12.1 Å². The third-order valence-electron chi connectivity index (χ3n) is 2.52. The molecule has 0 aromatic heterocycles. The molecule has 0 spiro atoms. The van der Waals surface area contributed by atoms with Gasteiger partial charge in [0.25, 0.3) is 0 Å². The largest absolute Gasteiger partial charge is 0.389 e. The van der Waals surface area contributed by atoms with Crippen LogP contribution in [-0.4, -0.2) is 51.3 Å². The van der Waals surface area contributed by atoms with Crippen molar-refractivity contribution in [1.29, 1.82) is 0 Å². The minimum atomic E-state index is -2.96. The fourth-order valence-electron chi connectivity index (χ4n) is 1.48. The van der Waals surface area contributed by atoms with Gasteiger partial charge in [-0.15, -0.1) is 0 Å². The van der Waals surface area contributed by atoms with E-state index in [1.54, 1.807) is 12.1 Å². The zero-order valence-electron chi connectivity index (χ0n) is 11.4. The predicted molar refractivity (Wildman–Crippen MR) is 79.7 cm³/mol. The van der Waals surface area contributed by atoms with E-state index in [-0.39, 0.29) is 12.4 Å². The Morgan fingerprint density at radius 2 is 2.00 bits per heavy atom. The molecule has 0 aliphatic carbocycles. The molecule has 0 saturated carbocycles. The van der Waals surface area contributed by atoms with Gasteiger partial charge >= 0.3 is 0 Å². The molecular weight excluding hydrogens is 302 g/mol. The van der Waals surface area contributed by atoms with E-state index >= 15 is 0 Å². The van der Waals surface area contributed by atoms with Crippen LogP contribution in [0.15, 0.2) is 24.3 Å². The van der Waals surface area contributed by atoms with Gasteiger partial charge in [0.2, 0.25) is 0 Å². The van der Waals surface area contributed by atoms with Crippen molar-refractivity contribution in [2.24, 2.45) is 0 Å². The fraction of sp³-hybridized carbons (Fsp3) is 0.538. The van der Waals surface area contributed by atoms with Gasteiger partial charge in [-0.1, -0.05) is 23.7 Å². The first-order chi connectivity index (χ1) is 9.37. The van der Waals surface area contributed by atoms with E-state index in [1.165, 1.54) is 6.26 Å². The summed E-state index contributed by atoms with van der Waals surface area (Å²) in [6.07, 6.45) is 0.516. The molecule has 1 unspecified atom stereocenters. The Labute approximate surface area is 124 Å². The maximum Gasteiger partial charge on any atom is 0.148 e. The van der Waals surface area contributed by atoms with Gasteiger partial charge in [-0.25, -0.2) is 8.42 Å². The molecular formula is C13H20ClNO4S. The Bertz CT molecular complexity index is 490. The van der Waals surface area contributed by atoms with E-state index in [0.717, 1.165) is 5.56 Å². The van der Waals surface area contributed by atoms with Crippen LogP contribution in [0, 0.1) is 0 Å². The zero-order chi connectivity index (χ0) is 15.0. The standard InChI is InChI=1S/C13H20ClNO4S/c1-20(17,18)7-6-15-8-13(16)10-19-9-11-2-4-12(14)5-3-11/h2-5,13,15-16H,6-10H2,1H3. The van der Waals surface area contributed by atoms with Crippen LogP contribution in [0.5, 0.6) is 0 Å². The molecule has 1 rings (SSSR count). The first kappa shape index (κ1) is 17.4. The molecule has 5 nitrogen and oxygen atoms in total. The van der Waals surface area contributed by atoms with Gasteiger partial charge in [0, 0.05) is 24.4 Å². The van der Waals surface area contributed by atoms with Crippen LogP contribution in [-0.2, 0) is 21.2 Å². The van der Waals surface area contributed by atoms with Crippen molar-refractivity contribution in [1.82, 2.24) is 5.32 Å². The van der Waals surface area contributed by atoms with Crippen LogP contribution in [0.3, 0.4) is 0 Å². The molecule has 0 saturated heterocycles. The Hall–Kier alpha value is -0.660. The summed E-state index contributed by atoms with van der Waals surface area (Å²) in [4.78, 5) is 0. The average Bonchev–Trinajstić information content (AvgIpc) is 2.36. The Kier molecular flexibility index (Phi) is 7.47. The molecule has 114 valence electrons. The molecule has 0 bridgehead atoms. The van der Waals surface area contributed by atoms with Crippen molar-refractivity contribution < 1.29 is 18.3 Å². The average molecular weight is 322 g/mol. The van der Waals surface area contributed by atoms with Crippen LogP contribution in [0.25, 0.3) is 0 Å². The highest BCUT2D eigenvalue weighted by molar-refractivity contribution is 7.90. The van der Waals surface area contributed by atoms with Crippen molar-refractivity contribution in [3.8, 4) is 0 Å². The van der Waals surface area contributed by atoms with Crippen molar-refractivity contribution in [2.45, 2.75) is 12.7 Å². The number of rotatable bonds is 9. The van der Waals surface area contributed by atoms with E-state index in [2.05, 4.69) is 5.32 Å². The summed E-state index contributed by atoms with van der Waals surface area (Å²) in [6, 6.07) is 7.28. The highest BCUT2D eigenvalue weighted by Gasteiger charge is 2.06. The number of benzene rings is 1. The van der Waals surface area contributed by atoms with Crippen molar-refractivity contribution >= 4 is 21.4 Å². The second kappa shape index (κ2) is 8.59. The second-order valence-corrected chi connectivity index (χ2v) is 7.33. The number of hydrogen-bond acceptors (Lipinski definition) is 5. The fourth-order valence-corrected chi connectivity index (χ4v) is 2.12. The molecule has 0 heterocycles. The lowest BCUT2D eigenvalue weighted by Crippen LogP contribution is -2.33. The van der Waals surface area contributed by atoms with Crippen LogP contribution in [0.2, 0.25) is 5.02 Å². The first-order valence-corrected chi connectivity index (χ1v) is 8.69. The lowest BCUT2D eigenvalue weighted by Gasteiger charge is -2.12. The molecule has 7 heteroatoms. The quantitative estimate of drug-likeness (QED) is 0.660. The number of halogens is 1. The predicted octanol–water partition coefficient (Wildman–Crippen LogP) is 0.852. The summed E-state index contributed by atoms with van der Waals surface area (Å²) in [7, 11) is -2.96.